The van der Waals surface area contributed by atoms with Gasteiger partial charge in [-0.1, -0.05) is 0 Å². The van der Waals surface area contributed by atoms with Crippen LogP contribution in [0.5, 0.6) is 0 Å². The predicted octanol–water partition coefficient (Wildman–Crippen LogP) is 1.58. The molecule has 0 aromatic rings. The molecule has 106 valence electrons. The molecule has 2 rings (SSSR count). The van der Waals surface area contributed by atoms with Gasteiger partial charge in [0, 0.05) is 25.7 Å². The highest BCUT2D eigenvalue weighted by atomic mass is 35.5. The number of amides is 1. The third-order valence-electron chi connectivity index (χ3n) is 3.93. The number of halogens is 1. The van der Waals surface area contributed by atoms with Gasteiger partial charge >= 0.3 is 0 Å². The van der Waals surface area contributed by atoms with Gasteiger partial charge in [-0.25, -0.2) is 0 Å². The first-order valence-electron chi connectivity index (χ1n) is 6.86. The zero-order valence-electron chi connectivity index (χ0n) is 11.2. The molecule has 0 aliphatic carbocycles. The van der Waals surface area contributed by atoms with Gasteiger partial charge in [-0.05, 0) is 39.2 Å². The smallest absolute Gasteiger partial charge is 0.225 e. The molecule has 18 heavy (non-hydrogen) atoms. The third kappa shape index (κ3) is 4.41. The van der Waals surface area contributed by atoms with Crippen molar-refractivity contribution in [1.29, 1.82) is 0 Å². The van der Waals surface area contributed by atoms with E-state index in [2.05, 4.69) is 5.32 Å². The number of carbonyl (C=O) groups excluding carboxylic acids is 1. The second-order valence-electron chi connectivity index (χ2n) is 5.14. The van der Waals surface area contributed by atoms with E-state index in [4.69, 9.17) is 4.74 Å². The number of hydrogen-bond donors (Lipinski definition) is 1. The van der Waals surface area contributed by atoms with E-state index in [1.165, 1.54) is 6.42 Å². The van der Waals surface area contributed by atoms with Crippen molar-refractivity contribution in [2.45, 2.75) is 50.7 Å². The average Bonchev–Trinajstić information content (AvgIpc) is 2.40. The standard InChI is InChI=1S/C13H24N2O2.ClH/c1-14-11-5-7-15(8-6-11)13(16)10-12-4-2-3-9-17-12;/h11-12,14H,2-10H2,1H3;1H. The first-order valence-corrected chi connectivity index (χ1v) is 6.86. The molecule has 2 saturated heterocycles. The van der Waals surface area contributed by atoms with Crippen molar-refractivity contribution in [3.05, 3.63) is 0 Å². The summed E-state index contributed by atoms with van der Waals surface area (Å²) in [4.78, 5) is 14.1. The molecule has 2 fully saturated rings. The Kier molecular flexibility index (Phi) is 6.97. The molecule has 2 heterocycles. The first-order chi connectivity index (χ1) is 8.29. The number of hydrogen-bond acceptors (Lipinski definition) is 3. The van der Waals surface area contributed by atoms with Crippen LogP contribution >= 0.6 is 12.4 Å². The summed E-state index contributed by atoms with van der Waals surface area (Å²) in [5.41, 5.74) is 0. The average molecular weight is 277 g/mol. The Morgan fingerprint density at radius 2 is 2.00 bits per heavy atom. The molecular weight excluding hydrogens is 252 g/mol. The lowest BCUT2D eigenvalue weighted by molar-refractivity contribution is -0.136. The maximum absolute atomic E-state index is 12.1. The lowest BCUT2D eigenvalue weighted by Gasteiger charge is -2.33. The van der Waals surface area contributed by atoms with Crippen LogP contribution in [0.4, 0.5) is 0 Å². The van der Waals surface area contributed by atoms with E-state index in [0.717, 1.165) is 45.4 Å². The van der Waals surface area contributed by atoms with Gasteiger partial charge in [-0.2, -0.15) is 0 Å². The minimum Gasteiger partial charge on any atom is -0.378 e. The summed E-state index contributed by atoms with van der Waals surface area (Å²) in [7, 11) is 2.00. The fourth-order valence-electron chi connectivity index (χ4n) is 2.71. The van der Waals surface area contributed by atoms with Crippen LogP contribution in [-0.4, -0.2) is 49.7 Å². The molecule has 5 heteroatoms. The molecule has 0 bridgehead atoms. The van der Waals surface area contributed by atoms with Crippen LogP contribution in [0.2, 0.25) is 0 Å². The van der Waals surface area contributed by atoms with Gasteiger partial charge in [0.1, 0.15) is 0 Å². The highest BCUT2D eigenvalue weighted by Gasteiger charge is 2.25. The molecule has 1 atom stereocenters. The SMILES string of the molecule is CNC1CCN(C(=O)CC2CCCCO2)CC1.Cl. The number of nitrogens with one attached hydrogen (secondary N) is 1. The van der Waals surface area contributed by atoms with Crippen molar-refractivity contribution in [3.63, 3.8) is 0 Å². The number of likely N-dealkylation sites (tertiary alicyclic amines) is 1. The van der Waals surface area contributed by atoms with Crippen molar-refractivity contribution in [2.24, 2.45) is 0 Å². The van der Waals surface area contributed by atoms with E-state index in [1.807, 2.05) is 11.9 Å². The van der Waals surface area contributed by atoms with Crippen LogP contribution in [0.15, 0.2) is 0 Å². The third-order valence-corrected chi connectivity index (χ3v) is 3.93. The minimum absolute atomic E-state index is 0. The summed E-state index contributed by atoms with van der Waals surface area (Å²) in [6, 6.07) is 0.588. The van der Waals surface area contributed by atoms with Crippen molar-refractivity contribution in [2.75, 3.05) is 26.7 Å². The number of ether oxygens (including phenoxy) is 1. The molecule has 1 amide bonds. The van der Waals surface area contributed by atoms with Crippen LogP contribution in [0, 0.1) is 0 Å². The maximum Gasteiger partial charge on any atom is 0.225 e. The molecule has 0 aromatic heterocycles. The lowest BCUT2D eigenvalue weighted by atomic mass is 10.0. The molecule has 2 aliphatic heterocycles. The number of carbonyl (C=O) groups is 1. The predicted molar refractivity (Wildman–Crippen MR) is 74.1 cm³/mol. The zero-order chi connectivity index (χ0) is 12.1. The Balaban J connectivity index is 0.00000162. The highest BCUT2D eigenvalue weighted by Crippen LogP contribution is 2.18. The summed E-state index contributed by atoms with van der Waals surface area (Å²) in [5, 5.41) is 3.28. The fraction of sp³-hybridized carbons (Fsp3) is 0.923. The topological polar surface area (TPSA) is 41.6 Å². The van der Waals surface area contributed by atoms with Crippen LogP contribution in [0.1, 0.15) is 38.5 Å². The van der Waals surface area contributed by atoms with E-state index >= 15 is 0 Å². The fourth-order valence-corrected chi connectivity index (χ4v) is 2.71. The summed E-state index contributed by atoms with van der Waals surface area (Å²) in [5.74, 6) is 0.284. The van der Waals surface area contributed by atoms with Gasteiger partial charge in [-0.3, -0.25) is 4.79 Å². The Bertz CT molecular complexity index is 249. The van der Waals surface area contributed by atoms with E-state index in [9.17, 15) is 4.79 Å². The van der Waals surface area contributed by atoms with Gasteiger partial charge < -0.3 is 15.0 Å². The monoisotopic (exact) mass is 276 g/mol. The van der Waals surface area contributed by atoms with Crippen molar-refractivity contribution >= 4 is 18.3 Å². The maximum atomic E-state index is 12.1. The van der Waals surface area contributed by atoms with Crippen LogP contribution in [0.3, 0.4) is 0 Å². The number of nitrogens with zero attached hydrogens (tertiary/aromatic N) is 1. The molecule has 0 aromatic carbocycles. The van der Waals surface area contributed by atoms with Gasteiger partial charge in [0.05, 0.1) is 12.5 Å². The molecular formula is C13H25ClN2O2. The molecule has 2 aliphatic rings. The van der Waals surface area contributed by atoms with Crippen LogP contribution in [-0.2, 0) is 9.53 Å². The quantitative estimate of drug-likeness (QED) is 0.851. The van der Waals surface area contributed by atoms with Gasteiger partial charge in [0.25, 0.3) is 0 Å². The Morgan fingerprint density at radius 1 is 1.28 bits per heavy atom. The van der Waals surface area contributed by atoms with E-state index in [0.29, 0.717) is 12.5 Å². The second-order valence-corrected chi connectivity index (χ2v) is 5.14. The molecule has 0 saturated carbocycles. The van der Waals surface area contributed by atoms with Gasteiger partial charge in [0.2, 0.25) is 5.91 Å². The summed E-state index contributed by atoms with van der Waals surface area (Å²) in [6.45, 7) is 2.63. The Morgan fingerprint density at radius 3 is 2.56 bits per heavy atom. The normalized spacial score (nSPS) is 25.6. The molecule has 0 radical (unpaired) electrons. The number of piperidine rings is 1. The Hall–Kier alpha value is -0.320. The lowest BCUT2D eigenvalue weighted by Crippen LogP contribution is -2.45. The second kappa shape index (κ2) is 7.97. The largest absolute Gasteiger partial charge is 0.378 e. The highest BCUT2D eigenvalue weighted by molar-refractivity contribution is 5.85. The van der Waals surface area contributed by atoms with Crippen molar-refractivity contribution in [1.82, 2.24) is 10.2 Å². The zero-order valence-corrected chi connectivity index (χ0v) is 12.0. The molecule has 1 unspecified atom stereocenters. The summed E-state index contributed by atoms with van der Waals surface area (Å²) in [6.07, 6.45) is 6.33. The Labute approximate surface area is 116 Å². The van der Waals surface area contributed by atoms with Crippen molar-refractivity contribution in [3.8, 4) is 0 Å². The van der Waals surface area contributed by atoms with Crippen LogP contribution in [0.25, 0.3) is 0 Å². The van der Waals surface area contributed by atoms with E-state index in [1.54, 1.807) is 0 Å². The van der Waals surface area contributed by atoms with Crippen molar-refractivity contribution < 1.29 is 9.53 Å². The molecule has 0 spiro atoms. The summed E-state index contributed by atoms with van der Waals surface area (Å²) < 4.78 is 5.62. The minimum atomic E-state index is 0. The summed E-state index contributed by atoms with van der Waals surface area (Å²) >= 11 is 0. The van der Waals surface area contributed by atoms with Crippen LogP contribution < -0.4 is 5.32 Å². The van der Waals surface area contributed by atoms with Gasteiger partial charge in [0.15, 0.2) is 0 Å². The van der Waals surface area contributed by atoms with E-state index < -0.39 is 0 Å². The van der Waals surface area contributed by atoms with E-state index in [-0.39, 0.29) is 24.4 Å². The number of rotatable bonds is 3. The first kappa shape index (κ1) is 15.7. The van der Waals surface area contributed by atoms with Gasteiger partial charge in [-0.15, -0.1) is 12.4 Å². The molecule has 1 N–H and O–H groups in total. The molecule has 4 nitrogen and oxygen atoms in total.